The van der Waals surface area contributed by atoms with Gasteiger partial charge in [-0.05, 0) is 34.1 Å². The molecule has 2 heterocycles. The molecule has 0 aliphatic rings. The number of nitrogens with one attached hydrogen (secondary N) is 1. The first kappa shape index (κ1) is 13.5. The Bertz CT molecular complexity index is 583. The number of halogens is 1. The van der Waals surface area contributed by atoms with Gasteiger partial charge in [0.15, 0.2) is 0 Å². The van der Waals surface area contributed by atoms with Crippen LogP contribution >= 0.6 is 15.9 Å². The lowest BCUT2D eigenvalue weighted by Gasteiger charge is -2.17. The van der Waals surface area contributed by atoms with Crippen LogP contribution in [0.3, 0.4) is 0 Å². The number of aromatic nitrogens is 2. The van der Waals surface area contributed by atoms with Crippen LogP contribution in [-0.4, -0.2) is 30.0 Å². The summed E-state index contributed by atoms with van der Waals surface area (Å²) in [5.74, 6) is -0.212. The van der Waals surface area contributed by atoms with Crippen molar-refractivity contribution >= 4 is 33.2 Å². The highest BCUT2D eigenvalue weighted by Gasteiger charge is 2.10. The lowest BCUT2D eigenvalue weighted by molar-refractivity contribution is 0.102. The summed E-state index contributed by atoms with van der Waals surface area (Å²) in [5.41, 5.74) is 2.06. The Morgan fingerprint density at radius 1 is 1.26 bits per heavy atom. The molecule has 0 radical (unpaired) electrons. The van der Waals surface area contributed by atoms with E-state index in [4.69, 9.17) is 0 Å². The van der Waals surface area contributed by atoms with Crippen LogP contribution in [0.15, 0.2) is 41.4 Å². The van der Waals surface area contributed by atoms with Crippen molar-refractivity contribution < 1.29 is 4.79 Å². The largest absolute Gasteiger partial charge is 0.376 e. The van der Waals surface area contributed by atoms with Gasteiger partial charge in [-0.1, -0.05) is 0 Å². The molecule has 5 nitrogen and oxygen atoms in total. The highest BCUT2D eigenvalue weighted by molar-refractivity contribution is 9.10. The first-order valence-electron chi connectivity index (χ1n) is 5.62. The Balaban J connectivity index is 2.22. The van der Waals surface area contributed by atoms with E-state index in [0.717, 1.165) is 5.69 Å². The number of rotatable bonds is 3. The summed E-state index contributed by atoms with van der Waals surface area (Å²) < 4.78 is 0.694. The summed E-state index contributed by atoms with van der Waals surface area (Å²) in [5, 5.41) is 2.83. The lowest BCUT2D eigenvalue weighted by Crippen LogP contribution is -2.17. The van der Waals surface area contributed by atoms with Crippen molar-refractivity contribution in [2.24, 2.45) is 0 Å². The van der Waals surface area contributed by atoms with E-state index >= 15 is 0 Å². The number of carbonyl (C=O) groups excluding carboxylic acids is 1. The molecular formula is C13H13BrN4O. The molecule has 0 atom stereocenters. The first-order valence-corrected chi connectivity index (χ1v) is 6.41. The molecular weight excluding hydrogens is 308 g/mol. The number of anilines is 2. The van der Waals surface area contributed by atoms with E-state index in [1.165, 1.54) is 6.20 Å². The van der Waals surface area contributed by atoms with Crippen molar-refractivity contribution in [2.45, 2.75) is 0 Å². The van der Waals surface area contributed by atoms with Crippen LogP contribution in [0.4, 0.5) is 11.4 Å². The van der Waals surface area contributed by atoms with Crippen LogP contribution in [0, 0.1) is 0 Å². The van der Waals surface area contributed by atoms with E-state index in [-0.39, 0.29) is 5.91 Å². The van der Waals surface area contributed by atoms with Gasteiger partial charge >= 0.3 is 0 Å². The minimum atomic E-state index is -0.212. The molecule has 98 valence electrons. The third kappa shape index (κ3) is 3.29. The predicted molar refractivity (Wildman–Crippen MR) is 78.5 cm³/mol. The van der Waals surface area contributed by atoms with Crippen LogP contribution in [-0.2, 0) is 0 Å². The number of nitrogens with zero attached hydrogens (tertiary/aromatic N) is 3. The van der Waals surface area contributed by atoms with Gasteiger partial charge in [0.2, 0.25) is 0 Å². The molecule has 0 spiro atoms. The third-order valence-corrected chi connectivity index (χ3v) is 2.99. The third-order valence-electron chi connectivity index (χ3n) is 2.52. The molecule has 2 aromatic rings. The zero-order valence-corrected chi connectivity index (χ0v) is 12.2. The minimum absolute atomic E-state index is 0.212. The molecule has 1 amide bonds. The molecule has 0 unspecified atom stereocenters. The van der Waals surface area contributed by atoms with E-state index in [0.29, 0.717) is 15.9 Å². The van der Waals surface area contributed by atoms with E-state index < -0.39 is 0 Å². The molecule has 6 heteroatoms. The average molecular weight is 321 g/mol. The van der Waals surface area contributed by atoms with Gasteiger partial charge in [-0.25, -0.2) is 4.98 Å². The van der Waals surface area contributed by atoms with Gasteiger partial charge in [0, 0.05) is 26.5 Å². The second-order valence-electron chi connectivity index (χ2n) is 4.11. The first-order chi connectivity index (χ1) is 9.08. The van der Waals surface area contributed by atoms with Crippen molar-refractivity contribution in [3.63, 3.8) is 0 Å². The monoisotopic (exact) mass is 320 g/mol. The SMILES string of the molecule is CN(C)c1ccncc1NC(=O)c1ccc(Br)nc1. The number of hydrogen-bond acceptors (Lipinski definition) is 4. The maximum atomic E-state index is 12.1. The van der Waals surface area contributed by atoms with E-state index in [1.54, 1.807) is 24.5 Å². The van der Waals surface area contributed by atoms with Gasteiger partial charge in [-0.2, -0.15) is 0 Å². The van der Waals surface area contributed by atoms with Crippen LogP contribution in [0.5, 0.6) is 0 Å². The molecule has 2 aromatic heterocycles. The maximum Gasteiger partial charge on any atom is 0.257 e. The summed E-state index contributed by atoms with van der Waals surface area (Å²) in [6, 6.07) is 5.28. The molecule has 19 heavy (non-hydrogen) atoms. The summed E-state index contributed by atoms with van der Waals surface area (Å²) >= 11 is 3.23. The molecule has 0 fully saturated rings. The Hall–Kier alpha value is -1.95. The summed E-state index contributed by atoms with van der Waals surface area (Å²) in [4.78, 5) is 22.1. The Morgan fingerprint density at radius 2 is 2.05 bits per heavy atom. The van der Waals surface area contributed by atoms with Crippen molar-refractivity contribution in [2.75, 3.05) is 24.3 Å². The van der Waals surface area contributed by atoms with Crippen LogP contribution in [0.2, 0.25) is 0 Å². The van der Waals surface area contributed by atoms with Crippen LogP contribution in [0.25, 0.3) is 0 Å². The lowest BCUT2D eigenvalue weighted by atomic mass is 10.2. The Kier molecular flexibility index (Phi) is 4.11. The van der Waals surface area contributed by atoms with E-state index in [1.807, 2.05) is 25.1 Å². The summed E-state index contributed by atoms with van der Waals surface area (Å²) in [6.07, 6.45) is 4.83. The fourth-order valence-corrected chi connectivity index (χ4v) is 1.81. The smallest absolute Gasteiger partial charge is 0.257 e. The fraction of sp³-hybridized carbons (Fsp3) is 0.154. The fourth-order valence-electron chi connectivity index (χ4n) is 1.58. The number of carbonyl (C=O) groups is 1. The van der Waals surface area contributed by atoms with E-state index in [2.05, 4.69) is 31.2 Å². The maximum absolute atomic E-state index is 12.1. The van der Waals surface area contributed by atoms with Crippen molar-refractivity contribution in [3.8, 4) is 0 Å². The second-order valence-corrected chi connectivity index (χ2v) is 4.92. The molecule has 1 N–H and O–H groups in total. The number of amides is 1. The van der Waals surface area contributed by atoms with Crippen molar-refractivity contribution in [1.29, 1.82) is 0 Å². The normalized spacial score (nSPS) is 10.1. The van der Waals surface area contributed by atoms with Crippen molar-refractivity contribution in [1.82, 2.24) is 9.97 Å². The topological polar surface area (TPSA) is 58.1 Å². The van der Waals surface area contributed by atoms with Crippen LogP contribution < -0.4 is 10.2 Å². The quantitative estimate of drug-likeness (QED) is 0.883. The molecule has 0 saturated carbocycles. The van der Waals surface area contributed by atoms with Gasteiger partial charge < -0.3 is 10.2 Å². The van der Waals surface area contributed by atoms with Gasteiger partial charge in [0.1, 0.15) is 4.60 Å². The van der Waals surface area contributed by atoms with Crippen molar-refractivity contribution in [3.05, 3.63) is 47.0 Å². The predicted octanol–water partition coefficient (Wildman–Crippen LogP) is 2.56. The van der Waals surface area contributed by atoms with Gasteiger partial charge in [-0.15, -0.1) is 0 Å². The highest BCUT2D eigenvalue weighted by atomic mass is 79.9. The molecule has 0 aliphatic carbocycles. The van der Waals surface area contributed by atoms with Gasteiger partial charge in [0.05, 0.1) is 23.1 Å². The Morgan fingerprint density at radius 3 is 2.68 bits per heavy atom. The van der Waals surface area contributed by atoms with E-state index in [9.17, 15) is 4.79 Å². The Labute approximate surface area is 119 Å². The zero-order valence-electron chi connectivity index (χ0n) is 10.6. The summed E-state index contributed by atoms with van der Waals surface area (Å²) in [7, 11) is 3.82. The molecule has 0 saturated heterocycles. The van der Waals surface area contributed by atoms with Crippen LogP contribution in [0.1, 0.15) is 10.4 Å². The highest BCUT2D eigenvalue weighted by Crippen LogP contribution is 2.22. The minimum Gasteiger partial charge on any atom is -0.376 e. The molecule has 2 rings (SSSR count). The molecule has 0 aliphatic heterocycles. The second kappa shape index (κ2) is 5.79. The molecule has 0 bridgehead atoms. The number of hydrogen-bond donors (Lipinski definition) is 1. The zero-order chi connectivity index (χ0) is 13.8. The average Bonchev–Trinajstić information content (AvgIpc) is 2.39. The van der Waals surface area contributed by atoms with Gasteiger partial charge in [-0.3, -0.25) is 9.78 Å². The van der Waals surface area contributed by atoms with Gasteiger partial charge in [0.25, 0.3) is 5.91 Å². The number of pyridine rings is 2. The molecule has 0 aromatic carbocycles. The standard InChI is InChI=1S/C13H13BrN4O/c1-18(2)11-5-6-15-8-10(11)17-13(19)9-3-4-12(14)16-7-9/h3-8H,1-2H3,(H,17,19). The summed E-state index contributed by atoms with van der Waals surface area (Å²) in [6.45, 7) is 0.